The molecule has 0 radical (unpaired) electrons. The van der Waals surface area contributed by atoms with Crippen molar-refractivity contribution in [1.29, 1.82) is 0 Å². The quantitative estimate of drug-likeness (QED) is 0.175. The summed E-state index contributed by atoms with van der Waals surface area (Å²) in [6.45, 7) is 0.987. The Bertz CT molecular complexity index is 1200. The molecule has 40 heavy (non-hydrogen) atoms. The average molecular weight is 559 g/mol. The van der Waals surface area contributed by atoms with E-state index in [-0.39, 0.29) is 54.8 Å². The molecule has 2 aromatic rings. The number of ether oxygens (including phenoxy) is 4. The van der Waals surface area contributed by atoms with Gasteiger partial charge in [-0.3, -0.25) is 14.4 Å². The summed E-state index contributed by atoms with van der Waals surface area (Å²) in [7, 11) is 1.39. The maximum atomic E-state index is 12.7. The van der Waals surface area contributed by atoms with Gasteiger partial charge in [-0.05, 0) is 56.2 Å². The van der Waals surface area contributed by atoms with E-state index in [0.717, 1.165) is 0 Å². The predicted octanol–water partition coefficient (Wildman–Crippen LogP) is 3.17. The van der Waals surface area contributed by atoms with E-state index in [1.165, 1.54) is 62.6 Å². The van der Waals surface area contributed by atoms with E-state index >= 15 is 0 Å². The Kier molecular flexibility index (Phi) is 12.4. The fraction of sp³-hybridized carbons (Fsp3) is 0.357. The molecule has 0 saturated carbocycles. The SMILES string of the molecule is COCC(CCC(=O)O)OC(=O)c1ccc(C(=O)OC(CCC(=O)O)COC(=O)c2ccc(C(C)=O)cc2)cc1. The molecule has 0 saturated heterocycles. The Balaban J connectivity index is 2.01. The van der Waals surface area contributed by atoms with Crippen molar-refractivity contribution >= 4 is 35.6 Å². The third-order valence-electron chi connectivity index (χ3n) is 5.54. The number of aliphatic carboxylic acids is 2. The van der Waals surface area contributed by atoms with Gasteiger partial charge in [0.05, 0.1) is 23.3 Å². The number of Topliss-reactive ketones (excluding diaryl/α,β-unsaturated/α-hetero) is 1. The number of carboxylic acid groups (broad SMARTS) is 2. The molecule has 0 aliphatic rings. The summed E-state index contributed by atoms with van der Waals surface area (Å²) >= 11 is 0. The molecule has 2 unspecified atom stereocenters. The molecule has 0 bridgehead atoms. The van der Waals surface area contributed by atoms with E-state index in [1.54, 1.807) is 0 Å². The summed E-state index contributed by atoms with van der Waals surface area (Å²) in [5.74, 6) is -4.67. The lowest BCUT2D eigenvalue weighted by molar-refractivity contribution is -0.138. The van der Waals surface area contributed by atoms with Crippen molar-refractivity contribution in [3.8, 4) is 0 Å². The third-order valence-corrected chi connectivity index (χ3v) is 5.54. The maximum Gasteiger partial charge on any atom is 0.338 e. The van der Waals surface area contributed by atoms with Crippen LogP contribution in [-0.4, -0.2) is 78.4 Å². The lowest BCUT2D eigenvalue weighted by Crippen LogP contribution is -2.26. The number of ketones is 1. The minimum absolute atomic E-state index is 0.00938. The molecular formula is C28H30O12. The largest absolute Gasteiger partial charge is 0.481 e. The van der Waals surface area contributed by atoms with Gasteiger partial charge in [0.25, 0.3) is 0 Å². The minimum Gasteiger partial charge on any atom is -0.481 e. The van der Waals surface area contributed by atoms with Crippen LogP contribution in [0, 0.1) is 0 Å². The molecule has 12 heteroatoms. The third kappa shape index (κ3) is 10.7. The van der Waals surface area contributed by atoms with E-state index in [4.69, 9.17) is 29.2 Å². The first-order valence-electron chi connectivity index (χ1n) is 12.2. The molecule has 0 aromatic heterocycles. The molecule has 0 fully saturated rings. The van der Waals surface area contributed by atoms with Crippen LogP contribution in [0.2, 0.25) is 0 Å². The second-order valence-corrected chi connectivity index (χ2v) is 8.68. The molecule has 0 heterocycles. The topological polar surface area (TPSA) is 180 Å². The Labute approximate surface area is 229 Å². The Morgan fingerprint density at radius 3 is 1.38 bits per heavy atom. The van der Waals surface area contributed by atoms with E-state index < -0.39 is 48.7 Å². The van der Waals surface area contributed by atoms with Crippen LogP contribution < -0.4 is 0 Å². The summed E-state index contributed by atoms with van der Waals surface area (Å²) < 4.78 is 20.8. The van der Waals surface area contributed by atoms with Crippen molar-refractivity contribution in [1.82, 2.24) is 0 Å². The highest BCUT2D eigenvalue weighted by molar-refractivity contribution is 5.96. The molecule has 12 nitrogen and oxygen atoms in total. The second-order valence-electron chi connectivity index (χ2n) is 8.68. The van der Waals surface area contributed by atoms with Crippen LogP contribution >= 0.6 is 0 Å². The van der Waals surface area contributed by atoms with Crippen molar-refractivity contribution in [3.05, 3.63) is 70.8 Å². The lowest BCUT2D eigenvalue weighted by Gasteiger charge is -2.18. The Morgan fingerprint density at radius 2 is 1.00 bits per heavy atom. The zero-order chi connectivity index (χ0) is 29.7. The van der Waals surface area contributed by atoms with Crippen molar-refractivity contribution in [2.45, 2.75) is 44.8 Å². The van der Waals surface area contributed by atoms with Gasteiger partial charge < -0.3 is 29.2 Å². The van der Waals surface area contributed by atoms with E-state index in [0.29, 0.717) is 5.56 Å². The van der Waals surface area contributed by atoms with Crippen molar-refractivity contribution in [2.24, 2.45) is 0 Å². The summed E-state index contributed by atoms with van der Waals surface area (Å²) in [4.78, 5) is 70.7. The fourth-order valence-electron chi connectivity index (χ4n) is 3.38. The minimum atomic E-state index is -1.13. The molecule has 2 rings (SSSR count). The van der Waals surface area contributed by atoms with Gasteiger partial charge in [0.2, 0.25) is 0 Å². The molecule has 0 spiro atoms. The first kappa shape index (κ1) is 31.6. The van der Waals surface area contributed by atoms with Crippen molar-refractivity contribution in [3.63, 3.8) is 0 Å². The zero-order valence-electron chi connectivity index (χ0n) is 22.0. The number of methoxy groups -OCH3 is 1. The number of hydrogen-bond donors (Lipinski definition) is 2. The monoisotopic (exact) mass is 558 g/mol. The van der Waals surface area contributed by atoms with Crippen LogP contribution in [0.4, 0.5) is 0 Å². The van der Waals surface area contributed by atoms with Gasteiger partial charge in [-0.15, -0.1) is 0 Å². The van der Waals surface area contributed by atoms with Crippen LogP contribution in [0.5, 0.6) is 0 Å². The highest BCUT2D eigenvalue weighted by Crippen LogP contribution is 2.14. The summed E-state index contributed by atoms with van der Waals surface area (Å²) in [6.07, 6.45) is -2.47. The van der Waals surface area contributed by atoms with Crippen LogP contribution in [0.25, 0.3) is 0 Å². The highest BCUT2D eigenvalue weighted by Gasteiger charge is 2.22. The van der Waals surface area contributed by atoms with E-state index in [2.05, 4.69) is 0 Å². The number of rotatable bonds is 16. The highest BCUT2D eigenvalue weighted by atomic mass is 16.6. The van der Waals surface area contributed by atoms with Gasteiger partial charge in [-0.2, -0.15) is 0 Å². The molecule has 0 aliphatic carbocycles. The molecular weight excluding hydrogens is 528 g/mol. The van der Waals surface area contributed by atoms with Gasteiger partial charge in [0, 0.05) is 25.5 Å². The normalized spacial score (nSPS) is 12.1. The first-order chi connectivity index (χ1) is 19.0. The Morgan fingerprint density at radius 1 is 0.625 bits per heavy atom. The average Bonchev–Trinajstić information content (AvgIpc) is 2.93. The van der Waals surface area contributed by atoms with Crippen LogP contribution in [0.3, 0.4) is 0 Å². The maximum absolute atomic E-state index is 12.7. The fourth-order valence-corrected chi connectivity index (χ4v) is 3.38. The molecule has 214 valence electrons. The first-order valence-corrected chi connectivity index (χ1v) is 12.2. The van der Waals surface area contributed by atoms with E-state index in [1.807, 2.05) is 0 Å². The van der Waals surface area contributed by atoms with Crippen molar-refractivity contribution in [2.75, 3.05) is 20.3 Å². The summed E-state index contributed by atoms with van der Waals surface area (Å²) in [5.41, 5.74) is 0.714. The molecule has 2 aromatic carbocycles. The van der Waals surface area contributed by atoms with Crippen LogP contribution in [0.15, 0.2) is 48.5 Å². The van der Waals surface area contributed by atoms with E-state index in [9.17, 15) is 28.8 Å². The molecule has 0 aliphatic heterocycles. The zero-order valence-corrected chi connectivity index (χ0v) is 22.0. The summed E-state index contributed by atoms with van der Waals surface area (Å²) in [6, 6.07) is 11.0. The molecule has 2 N–H and O–H groups in total. The van der Waals surface area contributed by atoms with Crippen molar-refractivity contribution < 1.29 is 57.9 Å². The second kappa shape index (κ2) is 15.7. The number of carbonyl (C=O) groups is 6. The van der Waals surface area contributed by atoms with Gasteiger partial charge in [0.1, 0.15) is 18.8 Å². The van der Waals surface area contributed by atoms with Gasteiger partial charge in [-0.1, -0.05) is 12.1 Å². The van der Waals surface area contributed by atoms with Gasteiger partial charge >= 0.3 is 29.8 Å². The number of benzene rings is 2. The number of carboxylic acids is 2. The molecule has 2 atom stereocenters. The summed E-state index contributed by atoms with van der Waals surface area (Å²) in [5, 5.41) is 17.9. The number of hydrogen-bond acceptors (Lipinski definition) is 10. The smallest absolute Gasteiger partial charge is 0.338 e. The number of esters is 3. The van der Waals surface area contributed by atoms with Crippen LogP contribution in [0.1, 0.15) is 74.0 Å². The van der Waals surface area contributed by atoms with Gasteiger partial charge in [0.15, 0.2) is 5.78 Å². The predicted molar refractivity (Wildman–Crippen MR) is 137 cm³/mol. The Hall–Kier alpha value is -4.58. The van der Waals surface area contributed by atoms with Crippen LogP contribution in [-0.2, 0) is 28.5 Å². The lowest BCUT2D eigenvalue weighted by atomic mass is 10.1. The van der Waals surface area contributed by atoms with Gasteiger partial charge in [-0.25, -0.2) is 14.4 Å². The molecule has 0 amide bonds. The number of carbonyl (C=O) groups excluding carboxylic acids is 4. The standard InChI is InChI=1S/C28H30O12/c1-17(29)18-3-5-19(6-4-18)26(34)38-16-23(12-14-25(32)33)40-28(36)21-9-7-20(8-10-21)27(35)39-22(15-37-2)11-13-24(30)31/h3-10,22-23H,11-16H2,1-2H3,(H,30,31)(H,32,33).